The van der Waals surface area contributed by atoms with Gasteiger partial charge in [0, 0.05) is 0 Å². The lowest BCUT2D eigenvalue weighted by Crippen LogP contribution is -2.52. The summed E-state index contributed by atoms with van der Waals surface area (Å²) in [7, 11) is 0. The molecule has 31 heavy (non-hydrogen) atoms. The smallest absolute Gasteiger partial charge is 0.182 e. The van der Waals surface area contributed by atoms with Crippen LogP contribution in [-0.4, -0.2) is 35.8 Å². The SMILES string of the molecule is [O-][N+]1=C[C@H](OCc2ccccc2)[C@H](OCc2ccccc2)[C@@H](OCc2ccccc2)C1. The summed E-state index contributed by atoms with van der Waals surface area (Å²) in [5, 5.41) is 12.4. The van der Waals surface area contributed by atoms with Gasteiger partial charge in [0.25, 0.3) is 0 Å². The second-order valence-electron chi connectivity index (χ2n) is 7.61. The molecule has 3 aromatic carbocycles. The van der Waals surface area contributed by atoms with Crippen LogP contribution in [0.2, 0.25) is 0 Å². The van der Waals surface area contributed by atoms with E-state index in [1.807, 2.05) is 91.0 Å². The Labute approximate surface area is 183 Å². The van der Waals surface area contributed by atoms with Gasteiger partial charge < -0.3 is 19.4 Å². The van der Waals surface area contributed by atoms with E-state index in [0.717, 1.165) is 21.4 Å². The van der Waals surface area contributed by atoms with E-state index in [9.17, 15) is 5.21 Å². The molecule has 160 valence electrons. The number of ether oxygens (including phenoxy) is 3. The molecule has 0 unspecified atom stereocenters. The Morgan fingerprint density at radius 3 is 1.61 bits per heavy atom. The maximum absolute atomic E-state index is 12.4. The largest absolute Gasteiger partial charge is 0.624 e. The maximum Gasteiger partial charge on any atom is 0.182 e. The summed E-state index contributed by atoms with van der Waals surface area (Å²) in [6.45, 7) is 1.44. The second-order valence-corrected chi connectivity index (χ2v) is 7.61. The zero-order chi connectivity index (χ0) is 21.3. The van der Waals surface area contributed by atoms with Gasteiger partial charge in [-0.15, -0.1) is 0 Å². The van der Waals surface area contributed by atoms with Gasteiger partial charge in [-0.1, -0.05) is 91.0 Å². The van der Waals surface area contributed by atoms with Gasteiger partial charge in [-0.2, -0.15) is 0 Å². The van der Waals surface area contributed by atoms with Crippen LogP contribution in [0.4, 0.5) is 0 Å². The van der Waals surface area contributed by atoms with Crippen molar-refractivity contribution in [1.29, 1.82) is 0 Å². The summed E-state index contributed by atoms with van der Waals surface area (Å²) in [6.07, 6.45) is 0.252. The van der Waals surface area contributed by atoms with Crippen LogP contribution in [0.15, 0.2) is 91.0 Å². The average Bonchev–Trinajstić information content (AvgIpc) is 2.82. The molecule has 0 spiro atoms. The minimum atomic E-state index is -0.504. The molecule has 4 rings (SSSR count). The van der Waals surface area contributed by atoms with E-state index >= 15 is 0 Å². The van der Waals surface area contributed by atoms with Crippen molar-refractivity contribution in [2.75, 3.05) is 6.54 Å². The molecule has 3 aromatic rings. The van der Waals surface area contributed by atoms with Crippen molar-refractivity contribution in [1.82, 2.24) is 0 Å². The molecule has 0 N–H and O–H groups in total. The van der Waals surface area contributed by atoms with Crippen LogP contribution in [0, 0.1) is 5.21 Å². The minimum Gasteiger partial charge on any atom is -0.624 e. The molecule has 0 saturated carbocycles. The van der Waals surface area contributed by atoms with E-state index < -0.39 is 18.3 Å². The van der Waals surface area contributed by atoms with Crippen LogP contribution in [0.5, 0.6) is 0 Å². The van der Waals surface area contributed by atoms with Crippen molar-refractivity contribution in [3.63, 3.8) is 0 Å². The van der Waals surface area contributed by atoms with Crippen molar-refractivity contribution in [3.8, 4) is 0 Å². The van der Waals surface area contributed by atoms with E-state index in [4.69, 9.17) is 14.2 Å². The van der Waals surface area contributed by atoms with Crippen molar-refractivity contribution in [3.05, 3.63) is 113 Å². The molecule has 0 fully saturated rings. The van der Waals surface area contributed by atoms with E-state index in [0.29, 0.717) is 19.8 Å². The Morgan fingerprint density at radius 2 is 1.10 bits per heavy atom. The van der Waals surface area contributed by atoms with E-state index in [1.165, 1.54) is 0 Å². The monoisotopic (exact) mass is 417 g/mol. The zero-order valence-electron chi connectivity index (χ0n) is 17.4. The quantitative estimate of drug-likeness (QED) is 0.384. The fraction of sp³-hybridized carbons (Fsp3) is 0.269. The lowest BCUT2D eigenvalue weighted by atomic mass is 10.0. The van der Waals surface area contributed by atoms with Crippen LogP contribution in [0.3, 0.4) is 0 Å². The first-order valence-electron chi connectivity index (χ1n) is 10.5. The molecule has 5 heteroatoms. The highest BCUT2D eigenvalue weighted by Crippen LogP contribution is 2.20. The highest BCUT2D eigenvalue weighted by Gasteiger charge is 2.39. The van der Waals surface area contributed by atoms with Crippen LogP contribution in [0.25, 0.3) is 0 Å². The number of hydroxylamine groups is 1. The van der Waals surface area contributed by atoms with Gasteiger partial charge in [-0.05, 0) is 16.7 Å². The summed E-state index contributed by atoms with van der Waals surface area (Å²) in [6, 6.07) is 29.8. The third-order valence-electron chi connectivity index (χ3n) is 5.24. The molecule has 0 radical (unpaired) electrons. The molecule has 1 heterocycles. The molecule has 3 atom stereocenters. The van der Waals surface area contributed by atoms with Crippen LogP contribution in [-0.2, 0) is 34.0 Å². The number of rotatable bonds is 9. The molecular formula is C26H27NO4. The Balaban J connectivity index is 1.47. The molecule has 0 saturated heterocycles. The Bertz CT molecular complexity index is 947. The molecule has 0 amide bonds. The third-order valence-corrected chi connectivity index (χ3v) is 5.24. The summed E-state index contributed by atoms with van der Waals surface area (Å²) >= 11 is 0. The lowest BCUT2D eigenvalue weighted by Gasteiger charge is -2.33. The summed E-state index contributed by atoms with van der Waals surface area (Å²) in [5.41, 5.74) is 3.16. The van der Waals surface area contributed by atoms with Crippen molar-refractivity contribution in [2.45, 2.75) is 38.1 Å². The van der Waals surface area contributed by atoms with Crippen LogP contribution in [0.1, 0.15) is 16.7 Å². The predicted molar refractivity (Wildman–Crippen MR) is 120 cm³/mol. The Morgan fingerprint density at radius 1 is 0.645 bits per heavy atom. The van der Waals surface area contributed by atoms with Gasteiger partial charge in [0.05, 0.1) is 19.8 Å². The first-order valence-corrected chi connectivity index (χ1v) is 10.5. The van der Waals surface area contributed by atoms with Gasteiger partial charge in [-0.3, -0.25) is 0 Å². The second kappa shape index (κ2) is 10.9. The molecule has 1 aliphatic rings. The number of benzene rings is 3. The van der Waals surface area contributed by atoms with Crippen molar-refractivity contribution < 1.29 is 18.9 Å². The summed E-state index contributed by atoms with van der Waals surface area (Å²) < 4.78 is 19.4. The standard InChI is InChI=1S/C26H27NO4/c28-27-16-24(29-18-21-10-4-1-5-11-21)26(31-20-23-14-8-3-9-15-23)25(17-27)30-19-22-12-6-2-7-13-22/h1-16,24-26H,17-20H2/t24-,25-,26-/m0/s1. The van der Waals surface area contributed by atoms with Gasteiger partial charge in [0.2, 0.25) is 0 Å². The zero-order valence-corrected chi connectivity index (χ0v) is 17.4. The number of hydrogen-bond donors (Lipinski definition) is 0. The first kappa shape index (κ1) is 21.2. The lowest BCUT2D eigenvalue weighted by molar-refractivity contribution is -0.483. The van der Waals surface area contributed by atoms with Crippen molar-refractivity contribution >= 4 is 6.21 Å². The van der Waals surface area contributed by atoms with Gasteiger partial charge in [0.1, 0.15) is 12.2 Å². The fourth-order valence-corrected chi connectivity index (χ4v) is 3.60. The average molecular weight is 418 g/mol. The fourth-order valence-electron chi connectivity index (χ4n) is 3.60. The first-order chi connectivity index (χ1) is 15.3. The molecule has 0 bridgehead atoms. The normalized spacial score (nSPS) is 20.9. The molecular weight excluding hydrogens is 390 g/mol. The number of nitrogens with zero attached hydrogens (tertiary/aromatic N) is 1. The Hall–Kier alpha value is -2.99. The topological polar surface area (TPSA) is 53.8 Å². The highest BCUT2D eigenvalue weighted by molar-refractivity contribution is 5.60. The molecule has 5 nitrogen and oxygen atoms in total. The molecule has 1 aliphatic heterocycles. The van der Waals surface area contributed by atoms with Gasteiger partial charge in [-0.25, -0.2) is 4.74 Å². The maximum atomic E-state index is 12.4. The molecule has 0 aliphatic carbocycles. The van der Waals surface area contributed by atoms with Gasteiger partial charge >= 0.3 is 0 Å². The van der Waals surface area contributed by atoms with Crippen LogP contribution < -0.4 is 0 Å². The van der Waals surface area contributed by atoms with E-state index in [-0.39, 0.29) is 6.54 Å². The highest BCUT2D eigenvalue weighted by atomic mass is 16.6. The third kappa shape index (κ3) is 6.25. The summed E-state index contributed by atoms with van der Waals surface area (Å²) in [4.78, 5) is 0. The Kier molecular flexibility index (Phi) is 7.45. The number of hydrogen-bond acceptors (Lipinski definition) is 4. The van der Waals surface area contributed by atoms with E-state index in [2.05, 4.69) is 0 Å². The molecule has 0 aromatic heterocycles. The van der Waals surface area contributed by atoms with Crippen LogP contribution >= 0.6 is 0 Å². The minimum absolute atomic E-state index is 0.206. The summed E-state index contributed by atoms with van der Waals surface area (Å²) in [5.74, 6) is 0. The van der Waals surface area contributed by atoms with E-state index in [1.54, 1.807) is 6.21 Å². The van der Waals surface area contributed by atoms with Crippen molar-refractivity contribution in [2.24, 2.45) is 0 Å². The predicted octanol–water partition coefficient (Wildman–Crippen LogP) is 4.34. The van der Waals surface area contributed by atoms with Gasteiger partial charge in [0.15, 0.2) is 18.9 Å².